The molecule has 2 bridgehead atoms. The highest BCUT2D eigenvalue weighted by molar-refractivity contribution is 5.84. The third kappa shape index (κ3) is 1.72. The van der Waals surface area contributed by atoms with E-state index in [-0.39, 0.29) is 5.41 Å². The van der Waals surface area contributed by atoms with Crippen LogP contribution in [0.25, 0.3) is 0 Å². The van der Waals surface area contributed by atoms with Gasteiger partial charge in [0, 0.05) is 18.9 Å². The van der Waals surface area contributed by atoms with E-state index in [9.17, 15) is 9.90 Å². The van der Waals surface area contributed by atoms with E-state index in [0.29, 0.717) is 35.1 Å². The van der Waals surface area contributed by atoms with Gasteiger partial charge in [-0.25, -0.2) is 0 Å². The number of carbonyl (C=O) groups is 1. The monoisotopic (exact) mass is 290 g/mol. The second kappa shape index (κ2) is 4.34. The molecule has 0 aromatic rings. The first-order chi connectivity index (χ1) is 9.94. The van der Waals surface area contributed by atoms with Crippen molar-refractivity contribution in [2.75, 3.05) is 6.61 Å². The summed E-state index contributed by atoms with van der Waals surface area (Å²) < 4.78 is 0. The fraction of sp³-hybridized carbons (Fsp3) is 0.947. The van der Waals surface area contributed by atoms with Gasteiger partial charge < -0.3 is 5.11 Å². The average Bonchev–Trinajstić information content (AvgIpc) is 2.68. The van der Waals surface area contributed by atoms with Crippen molar-refractivity contribution < 1.29 is 9.90 Å². The first-order valence-corrected chi connectivity index (χ1v) is 9.07. The Balaban J connectivity index is 1.73. The lowest BCUT2D eigenvalue weighted by Crippen LogP contribution is -2.57. The molecule has 118 valence electrons. The molecule has 0 aromatic carbocycles. The number of fused-ring (bicyclic) bond motifs is 3. The molecule has 4 fully saturated rings. The predicted molar refractivity (Wildman–Crippen MR) is 82.8 cm³/mol. The first-order valence-electron chi connectivity index (χ1n) is 9.07. The highest BCUT2D eigenvalue weighted by Gasteiger charge is 2.64. The van der Waals surface area contributed by atoms with Gasteiger partial charge in [-0.1, -0.05) is 20.3 Å². The van der Waals surface area contributed by atoms with E-state index >= 15 is 0 Å². The quantitative estimate of drug-likeness (QED) is 0.793. The normalized spacial score (nSPS) is 56.0. The molecule has 0 amide bonds. The van der Waals surface area contributed by atoms with Crippen LogP contribution < -0.4 is 0 Å². The SMILES string of the molecule is C[C@@]1(CO)CCC[C@]2(C)[C@@H]1CC[C@]13CC(=O)[C@H](CC[C@H]12)C3. The van der Waals surface area contributed by atoms with Gasteiger partial charge in [-0.2, -0.15) is 0 Å². The van der Waals surface area contributed by atoms with Crippen LogP contribution in [0.15, 0.2) is 0 Å². The second-order valence-corrected chi connectivity index (χ2v) is 9.30. The lowest BCUT2D eigenvalue weighted by molar-refractivity contribution is -0.159. The van der Waals surface area contributed by atoms with E-state index in [4.69, 9.17) is 0 Å². The van der Waals surface area contributed by atoms with Crippen LogP contribution in [0.3, 0.4) is 0 Å². The van der Waals surface area contributed by atoms with Crippen molar-refractivity contribution in [1.29, 1.82) is 0 Å². The van der Waals surface area contributed by atoms with Crippen LogP contribution in [0.5, 0.6) is 0 Å². The van der Waals surface area contributed by atoms with Crippen LogP contribution in [0, 0.1) is 34.0 Å². The Labute approximate surface area is 128 Å². The molecule has 4 aliphatic rings. The molecular formula is C19H30O2. The lowest BCUT2D eigenvalue weighted by Gasteiger charge is -2.64. The summed E-state index contributed by atoms with van der Waals surface area (Å²) in [5, 5.41) is 10.0. The number of aliphatic hydroxyl groups is 1. The molecule has 0 unspecified atom stereocenters. The molecule has 2 nitrogen and oxygen atoms in total. The fourth-order valence-corrected chi connectivity index (χ4v) is 7.50. The summed E-state index contributed by atoms with van der Waals surface area (Å²) in [6, 6.07) is 0. The Bertz CT molecular complexity index is 472. The zero-order valence-electron chi connectivity index (χ0n) is 13.7. The molecule has 0 aromatic heterocycles. The fourth-order valence-electron chi connectivity index (χ4n) is 7.50. The lowest BCUT2D eigenvalue weighted by atomic mass is 9.41. The van der Waals surface area contributed by atoms with E-state index in [1.165, 1.54) is 44.9 Å². The Morgan fingerprint density at radius 1 is 1.10 bits per heavy atom. The summed E-state index contributed by atoms with van der Waals surface area (Å²) >= 11 is 0. The maximum Gasteiger partial charge on any atom is 0.136 e. The van der Waals surface area contributed by atoms with Gasteiger partial charge in [0.2, 0.25) is 0 Å². The topological polar surface area (TPSA) is 37.3 Å². The number of rotatable bonds is 1. The molecular weight excluding hydrogens is 260 g/mol. The molecule has 0 saturated heterocycles. The van der Waals surface area contributed by atoms with Crippen molar-refractivity contribution >= 4 is 5.78 Å². The molecule has 1 N–H and O–H groups in total. The van der Waals surface area contributed by atoms with Crippen LogP contribution in [0.4, 0.5) is 0 Å². The van der Waals surface area contributed by atoms with Gasteiger partial charge in [0.25, 0.3) is 0 Å². The van der Waals surface area contributed by atoms with Crippen LogP contribution in [-0.2, 0) is 4.79 Å². The maximum atomic E-state index is 12.3. The number of hydrogen-bond donors (Lipinski definition) is 1. The maximum absolute atomic E-state index is 12.3. The van der Waals surface area contributed by atoms with Gasteiger partial charge in [-0.15, -0.1) is 0 Å². The second-order valence-electron chi connectivity index (χ2n) is 9.30. The zero-order valence-corrected chi connectivity index (χ0v) is 13.7. The van der Waals surface area contributed by atoms with Crippen molar-refractivity contribution in [2.24, 2.45) is 34.0 Å². The number of ketones is 1. The van der Waals surface area contributed by atoms with Crippen LogP contribution in [0.2, 0.25) is 0 Å². The minimum atomic E-state index is 0.119. The van der Waals surface area contributed by atoms with Crippen LogP contribution in [-0.4, -0.2) is 17.5 Å². The highest BCUT2D eigenvalue weighted by Crippen LogP contribution is 2.70. The van der Waals surface area contributed by atoms with Gasteiger partial charge >= 0.3 is 0 Å². The van der Waals surface area contributed by atoms with E-state index in [0.717, 1.165) is 18.8 Å². The third-order valence-corrected chi connectivity index (χ3v) is 8.37. The molecule has 0 radical (unpaired) electrons. The van der Waals surface area contributed by atoms with E-state index in [1.54, 1.807) is 0 Å². The van der Waals surface area contributed by atoms with Gasteiger partial charge in [0.1, 0.15) is 5.78 Å². The smallest absolute Gasteiger partial charge is 0.136 e. The van der Waals surface area contributed by atoms with Gasteiger partial charge in [-0.3, -0.25) is 4.79 Å². The van der Waals surface area contributed by atoms with Crippen molar-refractivity contribution in [3.8, 4) is 0 Å². The van der Waals surface area contributed by atoms with Crippen LogP contribution in [0.1, 0.15) is 71.6 Å². The van der Waals surface area contributed by atoms with Crippen LogP contribution >= 0.6 is 0 Å². The van der Waals surface area contributed by atoms with Crippen molar-refractivity contribution in [2.45, 2.75) is 71.6 Å². The minimum absolute atomic E-state index is 0.119. The average molecular weight is 290 g/mol. The Kier molecular flexibility index (Phi) is 2.94. The van der Waals surface area contributed by atoms with E-state index < -0.39 is 0 Å². The molecule has 4 saturated carbocycles. The largest absolute Gasteiger partial charge is 0.396 e. The number of Topliss-reactive ketones (excluding diaryl/α,β-unsaturated/α-hetero) is 1. The molecule has 4 rings (SSSR count). The van der Waals surface area contributed by atoms with Gasteiger partial charge in [0.05, 0.1) is 0 Å². The molecule has 21 heavy (non-hydrogen) atoms. The minimum Gasteiger partial charge on any atom is -0.396 e. The Morgan fingerprint density at radius 3 is 2.67 bits per heavy atom. The third-order valence-electron chi connectivity index (χ3n) is 8.37. The molecule has 0 heterocycles. The summed E-state index contributed by atoms with van der Waals surface area (Å²) in [4.78, 5) is 12.3. The zero-order chi connectivity index (χ0) is 14.9. The molecule has 2 heteroatoms. The summed E-state index contributed by atoms with van der Waals surface area (Å²) in [5.74, 6) is 2.36. The molecule has 4 aliphatic carbocycles. The molecule has 0 aliphatic heterocycles. The van der Waals surface area contributed by atoms with Gasteiger partial charge in [0.15, 0.2) is 0 Å². The van der Waals surface area contributed by atoms with Crippen molar-refractivity contribution in [3.05, 3.63) is 0 Å². The number of hydrogen-bond acceptors (Lipinski definition) is 2. The molecule has 1 spiro atoms. The summed E-state index contributed by atoms with van der Waals surface area (Å²) in [6.45, 7) is 5.17. The Morgan fingerprint density at radius 2 is 1.90 bits per heavy atom. The van der Waals surface area contributed by atoms with Crippen molar-refractivity contribution in [3.63, 3.8) is 0 Å². The number of aliphatic hydroxyl groups excluding tert-OH is 1. The number of carbonyl (C=O) groups excluding carboxylic acids is 1. The standard InChI is InChI=1S/C19H30O2/c1-17(12-20)7-3-8-18(2)15(17)6-9-19-10-13(14(21)11-19)4-5-16(18)19/h13,15-16,20H,3-12H2,1-2H3/t13-,15-,16+,17+,18-,19+/m1/s1. The van der Waals surface area contributed by atoms with E-state index in [2.05, 4.69) is 13.8 Å². The molecule has 6 atom stereocenters. The van der Waals surface area contributed by atoms with Crippen molar-refractivity contribution in [1.82, 2.24) is 0 Å². The predicted octanol–water partition coefficient (Wildman–Crippen LogP) is 3.96. The summed E-state index contributed by atoms with van der Waals surface area (Å²) in [7, 11) is 0. The highest BCUT2D eigenvalue weighted by atomic mass is 16.3. The summed E-state index contributed by atoms with van der Waals surface area (Å²) in [6.07, 6.45) is 10.7. The van der Waals surface area contributed by atoms with E-state index in [1.807, 2.05) is 0 Å². The Hall–Kier alpha value is -0.370. The summed E-state index contributed by atoms with van der Waals surface area (Å²) in [5.41, 5.74) is 0.830. The first kappa shape index (κ1) is 14.2. The van der Waals surface area contributed by atoms with Gasteiger partial charge in [-0.05, 0) is 73.0 Å².